The van der Waals surface area contributed by atoms with Crippen LogP contribution in [0.3, 0.4) is 0 Å². The van der Waals surface area contributed by atoms with Crippen molar-refractivity contribution in [1.82, 2.24) is 0 Å². The maximum atomic E-state index is 13.4. The Balaban J connectivity index is 0.00000308. The standard InChI is InChI=1S/C28H19O7PS2.Na/c29-36(30,34-23-17-19-9-1-5-13-25(19)37(31)26-14-6-3-11-21(23)26)35-24-18-20-10-2-7-15-27(20)38(32,33)28-16-8-4-12-22(24)28;/h1-18H,(H,29,30);/q;+1/p-1. The first-order valence-corrected chi connectivity index (χ1v) is 15.5. The summed E-state index contributed by atoms with van der Waals surface area (Å²) < 4.78 is 64.3. The fourth-order valence-corrected chi connectivity index (χ4v) is 8.25. The van der Waals surface area contributed by atoms with Gasteiger partial charge < -0.3 is 13.9 Å². The van der Waals surface area contributed by atoms with Crippen LogP contribution in [0.5, 0.6) is 0 Å². The van der Waals surface area contributed by atoms with E-state index >= 15 is 0 Å². The van der Waals surface area contributed by atoms with Crippen LogP contribution in [-0.4, -0.2) is 12.6 Å². The minimum Gasteiger partial charge on any atom is -0.736 e. The number of hydrogen-bond acceptors (Lipinski definition) is 7. The monoisotopic (exact) mass is 584 g/mol. The molecule has 4 aromatic rings. The number of fused-ring (bicyclic) bond motifs is 4. The van der Waals surface area contributed by atoms with Gasteiger partial charge in [-0.2, -0.15) is 0 Å². The number of sulfone groups is 1. The van der Waals surface area contributed by atoms with Crippen molar-refractivity contribution in [1.29, 1.82) is 0 Å². The Labute approximate surface area is 250 Å². The van der Waals surface area contributed by atoms with Crippen molar-refractivity contribution < 1.29 is 60.7 Å². The molecule has 2 heterocycles. The number of hydrogen-bond donors (Lipinski definition) is 0. The van der Waals surface area contributed by atoms with Gasteiger partial charge in [-0.3, -0.25) is 0 Å². The summed E-state index contributed by atoms with van der Waals surface area (Å²) in [4.78, 5) is 14.2. The van der Waals surface area contributed by atoms with Crippen LogP contribution >= 0.6 is 7.82 Å². The SMILES string of the molecule is O=S1c2ccccc2C=C(OP(=O)([O-])OC2=Cc3ccccc3S(=O)(=O)c3ccccc32)c2ccccc21.[Na+]. The molecule has 0 radical (unpaired) electrons. The third kappa shape index (κ3) is 5.12. The number of phosphoric acid groups is 1. The first-order chi connectivity index (χ1) is 18.2. The third-order valence-electron chi connectivity index (χ3n) is 6.12. The van der Waals surface area contributed by atoms with E-state index in [1.165, 1.54) is 30.4 Å². The van der Waals surface area contributed by atoms with E-state index in [9.17, 15) is 22.1 Å². The Morgan fingerprint density at radius 1 is 0.641 bits per heavy atom. The van der Waals surface area contributed by atoms with Gasteiger partial charge in [-0.1, -0.05) is 66.7 Å². The van der Waals surface area contributed by atoms with Crippen LogP contribution in [0.1, 0.15) is 22.3 Å². The molecule has 2 aliphatic heterocycles. The van der Waals surface area contributed by atoms with Gasteiger partial charge in [0.1, 0.15) is 11.5 Å². The molecule has 0 aliphatic carbocycles. The van der Waals surface area contributed by atoms with Crippen molar-refractivity contribution >= 4 is 52.1 Å². The van der Waals surface area contributed by atoms with Crippen LogP contribution in [0.2, 0.25) is 0 Å². The zero-order valence-electron chi connectivity index (χ0n) is 20.5. The summed E-state index contributed by atoms with van der Waals surface area (Å²) in [5.74, 6) is -0.258. The van der Waals surface area contributed by atoms with Gasteiger partial charge in [-0.25, -0.2) is 17.2 Å². The summed E-state index contributed by atoms with van der Waals surface area (Å²) in [5.41, 5.74) is 1.24. The molecule has 0 fully saturated rings. The maximum absolute atomic E-state index is 13.4. The maximum Gasteiger partial charge on any atom is 1.00 e. The number of phosphoric ester groups is 1. The van der Waals surface area contributed by atoms with Crippen molar-refractivity contribution in [3.05, 3.63) is 119 Å². The van der Waals surface area contributed by atoms with Gasteiger partial charge in [0, 0.05) is 11.1 Å². The van der Waals surface area contributed by atoms with E-state index in [-0.39, 0.29) is 62.0 Å². The Hall–Kier alpha value is -2.75. The van der Waals surface area contributed by atoms with E-state index in [0.29, 0.717) is 20.9 Å². The molecule has 4 aromatic carbocycles. The average Bonchev–Trinajstić information content (AvgIpc) is 3.08. The summed E-state index contributed by atoms with van der Waals surface area (Å²) in [7, 11) is -10.7. The predicted molar refractivity (Wildman–Crippen MR) is 141 cm³/mol. The predicted octanol–water partition coefficient (Wildman–Crippen LogP) is 2.51. The van der Waals surface area contributed by atoms with Crippen LogP contribution in [0, 0.1) is 0 Å². The second kappa shape index (κ2) is 10.7. The van der Waals surface area contributed by atoms with E-state index < -0.39 is 28.5 Å². The smallest absolute Gasteiger partial charge is 0.736 e. The molecule has 7 nitrogen and oxygen atoms in total. The molecule has 0 spiro atoms. The van der Waals surface area contributed by atoms with Crippen molar-refractivity contribution in [2.75, 3.05) is 0 Å². The largest absolute Gasteiger partial charge is 1.00 e. The topological polar surface area (TPSA) is 110 Å². The molecular weight excluding hydrogens is 566 g/mol. The van der Waals surface area contributed by atoms with Gasteiger partial charge in [-0.15, -0.1) is 0 Å². The van der Waals surface area contributed by atoms with Gasteiger partial charge >= 0.3 is 37.4 Å². The molecule has 6 rings (SSSR count). The van der Waals surface area contributed by atoms with Crippen molar-refractivity contribution in [3.63, 3.8) is 0 Å². The Morgan fingerprint density at radius 2 is 1.13 bits per heavy atom. The molecule has 0 aromatic heterocycles. The molecule has 0 bridgehead atoms. The first-order valence-electron chi connectivity index (χ1n) is 11.4. The van der Waals surface area contributed by atoms with E-state index in [4.69, 9.17) is 9.05 Å². The molecule has 0 amide bonds. The Kier molecular flexibility index (Phi) is 7.61. The Morgan fingerprint density at radius 3 is 1.85 bits per heavy atom. The first kappa shape index (κ1) is 27.8. The molecule has 11 heteroatoms. The van der Waals surface area contributed by atoms with Gasteiger partial charge in [0.05, 0.1) is 30.4 Å². The molecule has 2 unspecified atom stereocenters. The minimum atomic E-state index is -5.14. The zero-order valence-corrected chi connectivity index (χ0v) is 25.0. The van der Waals surface area contributed by atoms with E-state index in [0.717, 1.165) is 0 Å². The average molecular weight is 585 g/mol. The van der Waals surface area contributed by atoms with E-state index in [1.54, 1.807) is 78.9 Å². The fraction of sp³-hybridized carbons (Fsp3) is 0. The molecule has 0 saturated heterocycles. The van der Waals surface area contributed by atoms with Crippen molar-refractivity contribution in [3.8, 4) is 0 Å². The molecule has 0 N–H and O–H groups in total. The fourth-order valence-electron chi connectivity index (χ4n) is 4.44. The van der Waals surface area contributed by atoms with Gasteiger partial charge in [0.2, 0.25) is 9.84 Å². The second-order valence-electron chi connectivity index (χ2n) is 8.49. The summed E-state index contributed by atoms with van der Waals surface area (Å²) >= 11 is 0. The van der Waals surface area contributed by atoms with Crippen LogP contribution in [0.25, 0.3) is 23.7 Å². The minimum absolute atomic E-state index is 0. The van der Waals surface area contributed by atoms with E-state index in [2.05, 4.69) is 0 Å². The molecule has 39 heavy (non-hydrogen) atoms. The van der Waals surface area contributed by atoms with Crippen LogP contribution in [0.4, 0.5) is 0 Å². The van der Waals surface area contributed by atoms with Gasteiger partial charge in [-0.05, 0) is 53.6 Å². The summed E-state index contributed by atoms with van der Waals surface area (Å²) in [6.07, 6.45) is 2.87. The van der Waals surface area contributed by atoms with Crippen molar-refractivity contribution in [2.24, 2.45) is 0 Å². The summed E-state index contributed by atoms with van der Waals surface area (Å²) in [5, 5.41) is 0. The number of rotatable bonds is 4. The molecule has 2 aliphatic rings. The summed E-state index contributed by atoms with van der Waals surface area (Å²) in [6.45, 7) is 0. The molecule has 0 saturated carbocycles. The van der Waals surface area contributed by atoms with Crippen molar-refractivity contribution in [2.45, 2.75) is 19.6 Å². The van der Waals surface area contributed by atoms with Crippen LogP contribution in [-0.2, 0) is 34.2 Å². The Bertz CT molecular complexity index is 1870. The van der Waals surface area contributed by atoms with Crippen LogP contribution in [0.15, 0.2) is 117 Å². The molecular formula is C28H18NaO7PS2. The number of benzene rings is 4. The second-order valence-corrected chi connectivity index (χ2v) is 13.1. The molecule has 190 valence electrons. The third-order valence-corrected chi connectivity index (χ3v) is 10.4. The van der Waals surface area contributed by atoms with E-state index in [1.807, 2.05) is 0 Å². The quantitative estimate of drug-likeness (QED) is 0.268. The summed E-state index contributed by atoms with van der Waals surface area (Å²) in [6, 6.07) is 25.9. The normalized spacial score (nSPS) is 18.0. The van der Waals surface area contributed by atoms with Gasteiger partial charge in [0.15, 0.2) is 0 Å². The molecule has 2 atom stereocenters. The van der Waals surface area contributed by atoms with Gasteiger partial charge in [0.25, 0.3) is 0 Å². The van der Waals surface area contributed by atoms with Crippen LogP contribution < -0.4 is 34.5 Å². The zero-order chi connectivity index (χ0) is 26.5.